The SMILES string of the molecule is C=C(C)c1nn(CC(=O)OC)c(=O)cc1-c1cccc(F)c1. The van der Waals surface area contributed by atoms with Crippen LogP contribution in [0.1, 0.15) is 12.6 Å². The van der Waals surface area contributed by atoms with Crippen LogP contribution in [0.5, 0.6) is 0 Å². The van der Waals surface area contributed by atoms with E-state index >= 15 is 0 Å². The summed E-state index contributed by atoms with van der Waals surface area (Å²) >= 11 is 0. The number of esters is 1. The molecular weight excluding hydrogens is 287 g/mol. The van der Waals surface area contributed by atoms with Crippen LogP contribution in [0.15, 0.2) is 41.7 Å². The highest BCUT2D eigenvalue weighted by Crippen LogP contribution is 2.25. The van der Waals surface area contributed by atoms with E-state index in [0.29, 0.717) is 22.4 Å². The van der Waals surface area contributed by atoms with Crippen molar-refractivity contribution in [3.8, 4) is 11.1 Å². The minimum atomic E-state index is -0.583. The highest BCUT2D eigenvalue weighted by molar-refractivity contribution is 5.77. The van der Waals surface area contributed by atoms with Gasteiger partial charge in [-0.1, -0.05) is 18.7 Å². The molecule has 1 heterocycles. The molecule has 0 radical (unpaired) electrons. The largest absolute Gasteiger partial charge is 0.468 e. The van der Waals surface area contributed by atoms with Crippen LogP contribution >= 0.6 is 0 Å². The first-order chi connectivity index (χ1) is 10.4. The Labute approximate surface area is 126 Å². The summed E-state index contributed by atoms with van der Waals surface area (Å²) in [6, 6.07) is 7.17. The second-order valence-corrected chi connectivity index (χ2v) is 4.77. The standard InChI is InChI=1S/C16H15FN2O3/c1-10(2)16-13(11-5-4-6-12(17)7-11)8-14(20)19(18-16)9-15(21)22-3/h4-8H,1,9H2,2-3H3. The number of allylic oxidation sites excluding steroid dienone is 1. The van der Waals surface area contributed by atoms with Crippen LogP contribution in [0.3, 0.4) is 0 Å². The number of hydrogen-bond acceptors (Lipinski definition) is 4. The predicted octanol–water partition coefficient (Wildman–Crippen LogP) is 2.26. The van der Waals surface area contributed by atoms with Crippen molar-refractivity contribution in [1.82, 2.24) is 9.78 Å². The number of methoxy groups -OCH3 is 1. The fourth-order valence-electron chi connectivity index (χ4n) is 1.98. The van der Waals surface area contributed by atoms with Gasteiger partial charge in [0.1, 0.15) is 12.4 Å². The van der Waals surface area contributed by atoms with E-state index in [1.165, 1.54) is 25.3 Å². The Morgan fingerprint density at radius 2 is 2.14 bits per heavy atom. The molecule has 0 spiro atoms. The Bertz CT molecular complexity index is 796. The molecule has 0 aliphatic heterocycles. The molecule has 2 aromatic rings. The van der Waals surface area contributed by atoms with Gasteiger partial charge in [0.2, 0.25) is 0 Å². The monoisotopic (exact) mass is 302 g/mol. The second-order valence-electron chi connectivity index (χ2n) is 4.77. The maximum absolute atomic E-state index is 13.4. The summed E-state index contributed by atoms with van der Waals surface area (Å²) in [7, 11) is 1.23. The summed E-state index contributed by atoms with van der Waals surface area (Å²) in [6.07, 6.45) is 0. The van der Waals surface area contributed by atoms with E-state index in [1.807, 2.05) is 0 Å². The summed E-state index contributed by atoms with van der Waals surface area (Å²) in [5.74, 6) is -0.996. The lowest BCUT2D eigenvalue weighted by Gasteiger charge is -2.11. The van der Waals surface area contributed by atoms with Crippen molar-refractivity contribution < 1.29 is 13.9 Å². The van der Waals surface area contributed by atoms with Gasteiger partial charge in [0.15, 0.2) is 0 Å². The van der Waals surface area contributed by atoms with Gasteiger partial charge in [-0.25, -0.2) is 9.07 Å². The third-order valence-corrected chi connectivity index (χ3v) is 3.04. The number of halogens is 1. The molecule has 0 bridgehead atoms. The molecule has 0 amide bonds. The minimum Gasteiger partial charge on any atom is -0.468 e. The fraction of sp³-hybridized carbons (Fsp3) is 0.188. The number of hydrogen-bond donors (Lipinski definition) is 0. The van der Waals surface area contributed by atoms with Crippen LogP contribution in [-0.2, 0) is 16.1 Å². The quantitative estimate of drug-likeness (QED) is 0.813. The number of benzene rings is 1. The molecule has 0 fully saturated rings. The van der Waals surface area contributed by atoms with Gasteiger partial charge in [-0.3, -0.25) is 9.59 Å². The Morgan fingerprint density at radius 1 is 1.41 bits per heavy atom. The minimum absolute atomic E-state index is 0.293. The normalized spacial score (nSPS) is 10.3. The summed E-state index contributed by atoms with van der Waals surface area (Å²) < 4.78 is 18.9. The van der Waals surface area contributed by atoms with Crippen molar-refractivity contribution in [2.75, 3.05) is 7.11 Å². The molecule has 2 rings (SSSR count). The van der Waals surface area contributed by atoms with Crippen LogP contribution in [0.4, 0.5) is 4.39 Å². The lowest BCUT2D eigenvalue weighted by molar-refractivity contribution is -0.141. The molecule has 0 N–H and O–H groups in total. The average Bonchev–Trinajstić information content (AvgIpc) is 2.48. The van der Waals surface area contributed by atoms with Gasteiger partial charge in [0.25, 0.3) is 5.56 Å². The van der Waals surface area contributed by atoms with Crippen LogP contribution in [0.25, 0.3) is 16.7 Å². The van der Waals surface area contributed by atoms with E-state index in [2.05, 4.69) is 16.4 Å². The molecule has 0 unspecified atom stereocenters. The average molecular weight is 302 g/mol. The zero-order valence-corrected chi connectivity index (χ0v) is 12.3. The smallest absolute Gasteiger partial charge is 0.327 e. The lowest BCUT2D eigenvalue weighted by Crippen LogP contribution is -2.28. The van der Waals surface area contributed by atoms with Crippen LogP contribution < -0.4 is 5.56 Å². The molecule has 5 nitrogen and oxygen atoms in total. The molecule has 0 aliphatic rings. The van der Waals surface area contributed by atoms with Gasteiger partial charge in [-0.15, -0.1) is 0 Å². The van der Waals surface area contributed by atoms with Crippen molar-refractivity contribution in [3.05, 3.63) is 58.8 Å². The first kappa shape index (κ1) is 15.6. The number of ether oxygens (including phenoxy) is 1. The molecule has 0 atom stereocenters. The molecule has 114 valence electrons. The molecule has 1 aromatic heterocycles. The van der Waals surface area contributed by atoms with Crippen molar-refractivity contribution in [3.63, 3.8) is 0 Å². The van der Waals surface area contributed by atoms with Crippen molar-refractivity contribution in [2.24, 2.45) is 0 Å². The van der Waals surface area contributed by atoms with Gasteiger partial charge in [-0.2, -0.15) is 5.10 Å². The topological polar surface area (TPSA) is 61.2 Å². The fourth-order valence-corrected chi connectivity index (χ4v) is 1.98. The van der Waals surface area contributed by atoms with Crippen LogP contribution in [-0.4, -0.2) is 22.9 Å². The van der Waals surface area contributed by atoms with Gasteiger partial charge >= 0.3 is 5.97 Å². The van der Waals surface area contributed by atoms with Gasteiger partial charge in [0, 0.05) is 11.6 Å². The van der Waals surface area contributed by atoms with Gasteiger partial charge < -0.3 is 4.74 Å². The first-order valence-electron chi connectivity index (χ1n) is 6.53. The van der Waals surface area contributed by atoms with Crippen molar-refractivity contribution >= 4 is 11.5 Å². The van der Waals surface area contributed by atoms with Crippen molar-refractivity contribution in [1.29, 1.82) is 0 Å². The molecule has 6 heteroatoms. The van der Waals surface area contributed by atoms with Crippen molar-refractivity contribution in [2.45, 2.75) is 13.5 Å². The Kier molecular flexibility index (Phi) is 4.50. The number of carbonyl (C=O) groups is 1. The van der Waals surface area contributed by atoms with E-state index in [9.17, 15) is 14.0 Å². The third-order valence-electron chi connectivity index (χ3n) is 3.04. The Hall–Kier alpha value is -2.76. The molecular formula is C16H15FN2O3. The van der Waals surface area contributed by atoms with Crippen LogP contribution in [0, 0.1) is 5.82 Å². The maximum atomic E-state index is 13.4. The molecule has 22 heavy (non-hydrogen) atoms. The van der Waals surface area contributed by atoms with Crippen LogP contribution in [0.2, 0.25) is 0 Å². The zero-order chi connectivity index (χ0) is 16.3. The number of aromatic nitrogens is 2. The first-order valence-corrected chi connectivity index (χ1v) is 6.53. The zero-order valence-electron chi connectivity index (χ0n) is 12.3. The molecule has 0 saturated carbocycles. The maximum Gasteiger partial charge on any atom is 0.327 e. The highest BCUT2D eigenvalue weighted by Gasteiger charge is 2.14. The van der Waals surface area contributed by atoms with Gasteiger partial charge in [0.05, 0.1) is 12.8 Å². The van der Waals surface area contributed by atoms with E-state index in [0.717, 1.165) is 4.68 Å². The van der Waals surface area contributed by atoms with E-state index in [1.54, 1.807) is 19.1 Å². The number of carbonyl (C=O) groups excluding carboxylic acids is 1. The highest BCUT2D eigenvalue weighted by atomic mass is 19.1. The van der Waals surface area contributed by atoms with E-state index in [-0.39, 0.29) is 6.54 Å². The predicted molar refractivity (Wildman–Crippen MR) is 80.6 cm³/mol. The number of rotatable bonds is 4. The Balaban J connectivity index is 2.60. The van der Waals surface area contributed by atoms with E-state index < -0.39 is 17.3 Å². The summed E-state index contributed by atoms with van der Waals surface area (Å²) in [6.45, 7) is 5.24. The van der Waals surface area contributed by atoms with Gasteiger partial charge in [-0.05, 0) is 30.2 Å². The summed E-state index contributed by atoms with van der Waals surface area (Å²) in [4.78, 5) is 23.4. The third kappa shape index (κ3) is 3.28. The number of nitrogens with zero attached hydrogens (tertiary/aromatic N) is 2. The second kappa shape index (κ2) is 6.34. The molecule has 1 aromatic carbocycles. The summed E-state index contributed by atoms with van der Waals surface area (Å²) in [5, 5.41) is 4.15. The summed E-state index contributed by atoms with van der Waals surface area (Å²) in [5.41, 5.74) is 1.53. The van der Waals surface area contributed by atoms with E-state index in [4.69, 9.17) is 0 Å². The Morgan fingerprint density at radius 3 is 2.73 bits per heavy atom. The molecule has 0 saturated heterocycles. The molecule has 0 aliphatic carbocycles. The lowest BCUT2D eigenvalue weighted by atomic mass is 10.0.